The molecule has 23 heavy (non-hydrogen) atoms. The second kappa shape index (κ2) is 7.26. The summed E-state index contributed by atoms with van der Waals surface area (Å²) in [7, 11) is 0. The number of nitrogens with one attached hydrogen (secondary N) is 2. The molecule has 0 aliphatic carbocycles. The van der Waals surface area contributed by atoms with Gasteiger partial charge in [0.25, 0.3) is 0 Å². The highest BCUT2D eigenvalue weighted by Gasteiger charge is 2.10. The number of rotatable bonds is 5. The van der Waals surface area contributed by atoms with Crippen LogP contribution in [-0.4, -0.2) is 17.7 Å². The third-order valence-electron chi connectivity index (χ3n) is 3.62. The number of hydrogen-bond donors (Lipinski definition) is 3. The van der Waals surface area contributed by atoms with Gasteiger partial charge in [0.1, 0.15) is 0 Å². The lowest BCUT2D eigenvalue weighted by Crippen LogP contribution is -2.37. The highest BCUT2D eigenvalue weighted by Crippen LogP contribution is 2.20. The van der Waals surface area contributed by atoms with Crippen LogP contribution in [-0.2, 0) is 6.54 Å². The van der Waals surface area contributed by atoms with Crippen molar-refractivity contribution in [2.24, 2.45) is 0 Å². The summed E-state index contributed by atoms with van der Waals surface area (Å²) in [5.41, 5.74) is 0.794. The fraction of sp³-hybridized carbons (Fsp3) is 0.167. The number of carbonyl (C=O) groups is 1. The minimum absolute atomic E-state index is 0.175. The van der Waals surface area contributed by atoms with Gasteiger partial charge in [-0.25, -0.2) is 4.79 Å². The van der Waals surface area contributed by atoms with Crippen LogP contribution < -0.4 is 10.6 Å². The van der Waals surface area contributed by atoms with Gasteiger partial charge in [0, 0.05) is 11.4 Å². The molecular weight excluding hydrogens is 308 g/mol. The first-order valence-corrected chi connectivity index (χ1v) is 8.31. The SMILES string of the molecule is O=C(NCc1cccs1)NCC(O)c1ccc2ccccc2c1. The molecule has 2 amide bonds. The van der Waals surface area contributed by atoms with Crippen LogP contribution in [0.2, 0.25) is 0 Å². The van der Waals surface area contributed by atoms with Crippen LogP contribution in [0.25, 0.3) is 10.8 Å². The van der Waals surface area contributed by atoms with Gasteiger partial charge in [-0.2, -0.15) is 0 Å². The molecule has 0 saturated carbocycles. The number of thiophene rings is 1. The average molecular weight is 326 g/mol. The van der Waals surface area contributed by atoms with Crippen molar-refractivity contribution in [3.8, 4) is 0 Å². The standard InChI is InChI=1S/C18H18N2O2S/c21-17(12-20-18(22)19-11-16-6-3-9-23-16)15-8-7-13-4-1-2-5-14(13)10-15/h1-10,17,21H,11-12H2,(H2,19,20,22). The molecule has 0 saturated heterocycles. The summed E-state index contributed by atoms with van der Waals surface area (Å²) in [6.07, 6.45) is -0.730. The van der Waals surface area contributed by atoms with E-state index in [9.17, 15) is 9.90 Å². The summed E-state index contributed by atoms with van der Waals surface area (Å²) >= 11 is 1.60. The van der Waals surface area contributed by atoms with Crippen molar-refractivity contribution in [1.29, 1.82) is 0 Å². The Bertz CT molecular complexity index is 787. The molecule has 3 rings (SSSR count). The molecule has 0 aliphatic heterocycles. The lowest BCUT2D eigenvalue weighted by molar-refractivity contribution is 0.173. The normalized spacial score (nSPS) is 12.0. The van der Waals surface area contributed by atoms with E-state index in [2.05, 4.69) is 10.6 Å². The van der Waals surface area contributed by atoms with Crippen LogP contribution in [0.3, 0.4) is 0 Å². The Hall–Kier alpha value is -2.37. The maximum atomic E-state index is 11.8. The van der Waals surface area contributed by atoms with Crippen LogP contribution in [0.4, 0.5) is 4.79 Å². The second-order valence-corrected chi connectivity index (χ2v) is 6.30. The predicted octanol–water partition coefficient (Wildman–Crippen LogP) is 3.43. The first-order valence-electron chi connectivity index (χ1n) is 7.43. The molecule has 0 fully saturated rings. The van der Waals surface area contributed by atoms with Gasteiger partial charge in [-0.15, -0.1) is 11.3 Å². The number of urea groups is 1. The van der Waals surface area contributed by atoms with Gasteiger partial charge in [0.05, 0.1) is 12.6 Å². The van der Waals surface area contributed by atoms with Crippen molar-refractivity contribution in [3.05, 3.63) is 70.4 Å². The summed E-state index contributed by atoms with van der Waals surface area (Å²) in [6.45, 7) is 0.671. The lowest BCUT2D eigenvalue weighted by atomic mass is 10.0. The van der Waals surface area contributed by atoms with Crippen LogP contribution >= 0.6 is 11.3 Å². The molecule has 1 unspecified atom stereocenters. The van der Waals surface area contributed by atoms with E-state index >= 15 is 0 Å². The molecular formula is C18H18N2O2S. The van der Waals surface area contributed by atoms with Gasteiger partial charge in [0.2, 0.25) is 0 Å². The van der Waals surface area contributed by atoms with E-state index in [4.69, 9.17) is 0 Å². The zero-order valence-electron chi connectivity index (χ0n) is 12.5. The molecule has 3 aromatic rings. The van der Waals surface area contributed by atoms with Crippen molar-refractivity contribution in [2.75, 3.05) is 6.54 Å². The summed E-state index contributed by atoms with van der Waals surface area (Å²) in [5, 5.41) is 19.9. The number of amides is 2. The van der Waals surface area contributed by atoms with E-state index in [1.165, 1.54) is 0 Å². The molecule has 3 N–H and O–H groups in total. The Balaban J connectivity index is 1.53. The highest BCUT2D eigenvalue weighted by molar-refractivity contribution is 7.09. The molecule has 4 nitrogen and oxygen atoms in total. The smallest absolute Gasteiger partial charge is 0.315 e. The number of benzene rings is 2. The van der Waals surface area contributed by atoms with Crippen LogP contribution in [0.5, 0.6) is 0 Å². The molecule has 118 valence electrons. The van der Waals surface area contributed by atoms with E-state index < -0.39 is 6.10 Å². The molecule has 0 spiro atoms. The van der Waals surface area contributed by atoms with E-state index in [0.717, 1.165) is 21.2 Å². The van der Waals surface area contributed by atoms with Gasteiger partial charge in [-0.1, -0.05) is 42.5 Å². The molecule has 5 heteroatoms. The predicted molar refractivity (Wildman–Crippen MR) is 93.5 cm³/mol. The number of aliphatic hydroxyl groups is 1. The Morgan fingerprint density at radius 1 is 1.04 bits per heavy atom. The Labute approximate surface area is 138 Å². The zero-order chi connectivity index (χ0) is 16.1. The minimum Gasteiger partial charge on any atom is -0.387 e. The van der Waals surface area contributed by atoms with E-state index in [-0.39, 0.29) is 12.6 Å². The van der Waals surface area contributed by atoms with Gasteiger partial charge in [0.15, 0.2) is 0 Å². The van der Waals surface area contributed by atoms with Crippen molar-refractivity contribution < 1.29 is 9.90 Å². The highest BCUT2D eigenvalue weighted by atomic mass is 32.1. The molecule has 2 aromatic carbocycles. The zero-order valence-corrected chi connectivity index (χ0v) is 13.3. The topological polar surface area (TPSA) is 61.4 Å². The lowest BCUT2D eigenvalue weighted by Gasteiger charge is -2.13. The Morgan fingerprint density at radius 3 is 2.65 bits per heavy atom. The van der Waals surface area contributed by atoms with Crippen LogP contribution in [0.1, 0.15) is 16.5 Å². The second-order valence-electron chi connectivity index (χ2n) is 5.27. The third kappa shape index (κ3) is 4.09. The van der Waals surface area contributed by atoms with E-state index in [1.54, 1.807) is 11.3 Å². The third-order valence-corrected chi connectivity index (χ3v) is 4.49. The Kier molecular flexibility index (Phi) is 4.90. The van der Waals surface area contributed by atoms with Crippen molar-refractivity contribution in [3.63, 3.8) is 0 Å². The van der Waals surface area contributed by atoms with Gasteiger partial charge in [-0.3, -0.25) is 0 Å². The van der Waals surface area contributed by atoms with Gasteiger partial charge < -0.3 is 15.7 Å². The van der Waals surface area contributed by atoms with Crippen molar-refractivity contribution in [1.82, 2.24) is 10.6 Å². The summed E-state index contributed by atoms with van der Waals surface area (Å²) in [6, 6.07) is 17.4. The number of aliphatic hydroxyl groups excluding tert-OH is 1. The fourth-order valence-corrected chi connectivity index (χ4v) is 3.01. The first kappa shape index (κ1) is 15.5. The van der Waals surface area contributed by atoms with Crippen molar-refractivity contribution in [2.45, 2.75) is 12.6 Å². The molecule has 0 radical (unpaired) electrons. The maximum absolute atomic E-state index is 11.8. The quantitative estimate of drug-likeness (QED) is 0.672. The van der Waals surface area contributed by atoms with E-state index in [0.29, 0.717) is 6.54 Å². The average Bonchev–Trinajstić information content (AvgIpc) is 3.11. The number of hydrogen-bond acceptors (Lipinski definition) is 3. The molecule has 1 heterocycles. The molecule has 0 aliphatic rings. The van der Waals surface area contributed by atoms with Crippen LogP contribution in [0.15, 0.2) is 60.0 Å². The summed E-state index contributed by atoms with van der Waals surface area (Å²) in [5.74, 6) is 0. The van der Waals surface area contributed by atoms with Crippen molar-refractivity contribution >= 4 is 28.1 Å². The van der Waals surface area contributed by atoms with Gasteiger partial charge >= 0.3 is 6.03 Å². The monoisotopic (exact) mass is 326 g/mol. The molecule has 1 atom stereocenters. The maximum Gasteiger partial charge on any atom is 0.315 e. The van der Waals surface area contributed by atoms with E-state index in [1.807, 2.05) is 60.0 Å². The first-order chi connectivity index (χ1) is 11.2. The largest absolute Gasteiger partial charge is 0.387 e. The molecule has 0 bridgehead atoms. The van der Waals surface area contributed by atoms with Crippen LogP contribution in [0, 0.1) is 0 Å². The van der Waals surface area contributed by atoms with Gasteiger partial charge in [-0.05, 0) is 33.8 Å². The number of carbonyl (C=O) groups excluding carboxylic acids is 1. The summed E-state index contributed by atoms with van der Waals surface area (Å²) in [4.78, 5) is 12.9. The number of fused-ring (bicyclic) bond motifs is 1. The fourth-order valence-electron chi connectivity index (χ4n) is 2.37. The molecule has 1 aromatic heterocycles. The summed E-state index contributed by atoms with van der Waals surface area (Å²) < 4.78 is 0. The Morgan fingerprint density at radius 2 is 1.87 bits per heavy atom. The minimum atomic E-state index is -0.730.